The lowest BCUT2D eigenvalue weighted by Crippen LogP contribution is -2.49. The highest BCUT2D eigenvalue weighted by Gasteiger charge is 2.54. The lowest BCUT2D eigenvalue weighted by atomic mass is 9.45. The number of hydrogen-bond donors (Lipinski definition) is 0. The molecule has 122 valence electrons. The third kappa shape index (κ3) is 1.94. The van der Waals surface area contributed by atoms with Crippen molar-refractivity contribution in [2.45, 2.75) is 89.9 Å². The van der Waals surface area contributed by atoms with E-state index in [-0.39, 0.29) is 0 Å². The van der Waals surface area contributed by atoms with Gasteiger partial charge in [0.15, 0.2) is 0 Å². The van der Waals surface area contributed by atoms with E-state index in [2.05, 4.69) is 0 Å². The zero-order valence-corrected chi connectivity index (χ0v) is 14.4. The van der Waals surface area contributed by atoms with Crippen LogP contribution in [-0.4, -0.2) is 0 Å². The SMILES string of the molecule is C1C2CC3CC1CC(CCC14CC5CC(CC(C5)C1)C4)(C2)C3. The van der Waals surface area contributed by atoms with Gasteiger partial charge in [-0.2, -0.15) is 0 Å². The molecule has 8 fully saturated rings. The Morgan fingerprint density at radius 1 is 0.409 bits per heavy atom. The third-order valence-electron chi connectivity index (χ3n) is 9.52. The van der Waals surface area contributed by atoms with E-state index in [9.17, 15) is 0 Å². The van der Waals surface area contributed by atoms with Crippen molar-refractivity contribution in [1.29, 1.82) is 0 Å². The van der Waals surface area contributed by atoms with Gasteiger partial charge in [0.25, 0.3) is 0 Å². The Bertz CT molecular complexity index is 358. The van der Waals surface area contributed by atoms with Gasteiger partial charge in [0, 0.05) is 0 Å². The third-order valence-corrected chi connectivity index (χ3v) is 9.52. The molecule has 0 aliphatic heterocycles. The normalized spacial score (nSPS) is 61.1. The summed E-state index contributed by atoms with van der Waals surface area (Å²) < 4.78 is 0. The van der Waals surface area contributed by atoms with Crippen molar-refractivity contribution in [3.63, 3.8) is 0 Å². The first-order valence-corrected chi connectivity index (χ1v) is 10.7. The Kier molecular flexibility index (Phi) is 2.62. The fourth-order valence-electron chi connectivity index (χ4n) is 9.72. The van der Waals surface area contributed by atoms with E-state index in [1.807, 2.05) is 0 Å². The van der Waals surface area contributed by atoms with Gasteiger partial charge >= 0.3 is 0 Å². The summed E-state index contributed by atoms with van der Waals surface area (Å²) in [6.45, 7) is 0. The summed E-state index contributed by atoms with van der Waals surface area (Å²) in [5, 5.41) is 0. The summed E-state index contributed by atoms with van der Waals surface area (Å²) in [5.41, 5.74) is 1.69. The summed E-state index contributed by atoms with van der Waals surface area (Å²) in [5.74, 6) is 6.93. The van der Waals surface area contributed by atoms with Gasteiger partial charge < -0.3 is 0 Å². The van der Waals surface area contributed by atoms with Crippen LogP contribution >= 0.6 is 0 Å². The first-order valence-electron chi connectivity index (χ1n) is 10.7. The lowest BCUT2D eigenvalue weighted by Gasteiger charge is -2.60. The summed E-state index contributed by atoms with van der Waals surface area (Å²) in [4.78, 5) is 0. The molecule has 0 heteroatoms. The molecule has 8 saturated carbocycles. The van der Waals surface area contributed by atoms with E-state index in [4.69, 9.17) is 0 Å². The fraction of sp³-hybridized carbons (Fsp3) is 1.00. The van der Waals surface area contributed by atoms with Gasteiger partial charge in [0.2, 0.25) is 0 Å². The highest BCUT2D eigenvalue weighted by molar-refractivity contribution is 5.05. The van der Waals surface area contributed by atoms with Gasteiger partial charge in [-0.3, -0.25) is 0 Å². The molecule has 8 aliphatic rings. The van der Waals surface area contributed by atoms with Crippen LogP contribution in [0.4, 0.5) is 0 Å². The zero-order chi connectivity index (χ0) is 14.4. The minimum absolute atomic E-state index is 0.845. The second-order valence-electron chi connectivity index (χ2n) is 11.3. The van der Waals surface area contributed by atoms with Crippen molar-refractivity contribution < 1.29 is 0 Å². The minimum atomic E-state index is 0.845. The second-order valence-corrected chi connectivity index (χ2v) is 11.3. The molecule has 0 aromatic heterocycles. The van der Waals surface area contributed by atoms with Crippen molar-refractivity contribution in [3.05, 3.63) is 0 Å². The molecule has 0 saturated heterocycles. The van der Waals surface area contributed by atoms with Crippen molar-refractivity contribution >= 4 is 0 Å². The van der Waals surface area contributed by atoms with Gasteiger partial charge in [-0.1, -0.05) is 0 Å². The van der Waals surface area contributed by atoms with Crippen LogP contribution in [0.25, 0.3) is 0 Å². The van der Waals surface area contributed by atoms with Crippen molar-refractivity contribution in [2.24, 2.45) is 46.3 Å². The Hall–Kier alpha value is 0. The van der Waals surface area contributed by atoms with Crippen LogP contribution in [-0.2, 0) is 0 Å². The fourth-order valence-corrected chi connectivity index (χ4v) is 9.72. The summed E-state index contributed by atoms with van der Waals surface area (Å²) in [6, 6.07) is 0. The molecule has 22 heavy (non-hydrogen) atoms. The van der Waals surface area contributed by atoms with Gasteiger partial charge in [-0.05, 0) is 136 Å². The Labute approximate surface area is 136 Å². The van der Waals surface area contributed by atoms with Crippen molar-refractivity contribution in [1.82, 2.24) is 0 Å². The summed E-state index contributed by atoms with van der Waals surface area (Å²) in [6.07, 6.45) is 22.9. The quantitative estimate of drug-likeness (QED) is 0.582. The van der Waals surface area contributed by atoms with E-state index < -0.39 is 0 Å². The molecule has 0 nitrogen and oxygen atoms in total. The highest BCUT2D eigenvalue weighted by Crippen LogP contribution is 2.65. The van der Waals surface area contributed by atoms with Crippen LogP contribution in [0.1, 0.15) is 89.9 Å². The van der Waals surface area contributed by atoms with Crippen molar-refractivity contribution in [3.8, 4) is 0 Å². The van der Waals surface area contributed by atoms with E-state index in [1.165, 1.54) is 0 Å². The molecular weight excluding hydrogens is 264 g/mol. The van der Waals surface area contributed by atoms with Crippen LogP contribution in [0.3, 0.4) is 0 Å². The molecule has 0 radical (unpaired) electrons. The van der Waals surface area contributed by atoms with Crippen LogP contribution in [0.15, 0.2) is 0 Å². The van der Waals surface area contributed by atoms with E-state index in [1.54, 1.807) is 89.9 Å². The standard InChI is InChI=1S/C22H34/c1(21-9-15-3-16(10-21)5-17(4-15)11-21)2-22-12-18-6-19(13-22)8-20(7-18)14-22/h15-20H,1-14H2. The highest BCUT2D eigenvalue weighted by atomic mass is 14.6. The first-order chi connectivity index (χ1) is 10.7. The largest absolute Gasteiger partial charge is 0.0475 e. The molecule has 0 unspecified atom stereocenters. The second kappa shape index (κ2) is 4.34. The smallest absolute Gasteiger partial charge is 0.0289 e. The van der Waals surface area contributed by atoms with E-state index in [0.717, 1.165) is 46.3 Å². The molecule has 0 N–H and O–H groups in total. The Morgan fingerprint density at radius 3 is 0.864 bits per heavy atom. The zero-order valence-electron chi connectivity index (χ0n) is 14.4. The topological polar surface area (TPSA) is 0 Å². The molecule has 0 heterocycles. The summed E-state index contributed by atoms with van der Waals surface area (Å²) in [7, 11) is 0. The molecular formula is C22H34. The Morgan fingerprint density at radius 2 is 0.636 bits per heavy atom. The molecule has 8 bridgehead atoms. The molecule has 8 rings (SSSR count). The first kappa shape index (κ1) is 13.3. The van der Waals surface area contributed by atoms with Crippen LogP contribution in [0.2, 0.25) is 0 Å². The van der Waals surface area contributed by atoms with Crippen LogP contribution in [0.5, 0.6) is 0 Å². The predicted molar refractivity (Wildman–Crippen MR) is 90.4 cm³/mol. The molecule has 0 spiro atoms. The summed E-state index contributed by atoms with van der Waals surface area (Å²) >= 11 is 0. The average Bonchev–Trinajstić information content (AvgIpc) is 2.42. The van der Waals surface area contributed by atoms with E-state index in [0.29, 0.717) is 0 Å². The van der Waals surface area contributed by atoms with Crippen molar-refractivity contribution in [2.75, 3.05) is 0 Å². The maximum Gasteiger partial charge on any atom is -0.0289 e. The lowest BCUT2D eigenvalue weighted by molar-refractivity contribution is -0.0910. The number of hydrogen-bond acceptors (Lipinski definition) is 0. The Balaban J connectivity index is 1.20. The van der Waals surface area contributed by atoms with Crippen LogP contribution in [0, 0.1) is 46.3 Å². The molecule has 0 atom stereocenters. The maximum atomic E-state index is 1.65. The monoisotopic (exact) mass is 298 g/mol. The minimum Gasteiger partial charge on any atom is -0.0475 e. The molecule has 0 amide bonds. The molecule has 0 aromatic carbocycles. The van der Waals surface area contributed by atoms with Gasteiger partial charge in [0.05, 0.1) is 0 Å². The van der Waals surface area contributed by atoms with Gasteiger partial charge in [-0.25, -0.2) is 0 Å². The van der Waals surface area contributed by atoms with Crippen LogP contribution < -0.4 is 0 Å². The predicted octanol–water partition coefficient (Wildman–Crippen LogP) is 6.20. The maximum absolute atomic E-state index is 1.65. The molecule has 8 aliphatic carbocycles. The average molecular weight is 299 g/mol. The number of rotatable bonds is 3. The van der Waals surface area contributed by atoms with Gasteiger partial charge in [0.1, 0.15) is 0 Å². The van der Waals surface area contributed by atoms with Gasteiger partial charge in [-0.15, -0.1) is 0 Å². The molecule has 0 aromatic rings. The van der Waals surface area contributed by atoms with E-state index >= 15 is 0 Å².